The van der Waals surface area contributed by atoms with Crippen LogP contribution in [0.15, 0.2) is 66.7 Å². The topological polar surface area (TPSA) is 93.7 Å². The molecule has 0 unspecified atom stereocenters. The molecular formula is C35H44N2O5. The third kappa shape index (κ3) is 8.41. The Morgan fingerprint density at radius 3 is 2.38 bits per heavy atom. The molecule has 0 heterocycles. The Labute approximate surface area is 249 Å². The molecule has 1 aliphatic rings. The average Bonchev–Trinajstić information content (AvgIpc) is 2.97. The molecule has 0 radical (unpaired) electrons. The van der Waals surface area contributed by atoms with Crippen molar-refractivity contribution < 1.29 is 23.9 Å². The van der Waals surface area contributed by atoms with Crippen molar-refractivity contribution in [3.63, 3.8) is 0 Å². The van der Waals surface area contributed by atoms with Gasteiger partial charge in [0.15, 0.2) is 0 Å². The quantitative estimate of drug-likeness (QED) is 0.271. The minimum absolute atomic E-state index is 0.0165. The van der Waals surface area contributed by atoms with E-state index in [0.717, 1.165) is 25.7 Å². The lowest BCUT2D eigenvalue weighted by Crippen LogP contribution is -2.36. The van der Waals surface area contributed by atoms with Crippen LogP contribution in [0.4, 0.5) is 0 Å². The number of carbonyl (C=O) groups excluding carboxylic acids is 3. The minimum atomic E-state index is -0.823. The molecule has 42 heavy (non-hydrogen) atoms. The Hall–Kier alpha value is -3.71. The van der Waals surface area contributed by atoms with Crippen molar-refractivity contribution in [2.24, 2.45) is 5.92 Å². The van der Waals surface area contributed by atoms with Crippen LogP contribution in [-0.4, -0.2) is 43.1 Å². The molecule has 4 rings (SSSR count). The highest BCUT2D eigenvalue weighted by Crippen LogP contribution is 2.34. The summed E-state index contributed by atoms with van der Waals surface area (Å²) in [6, 6.07) is 23.4. The average molecular weight is 573 g/mol. The number of nitrogens with one attached hydrogen (secondary N) is 2. The third-order valence-corrected chi connectivity index (χ3v) is 7.97. The minimum Gasteiger partial charge on any atom is -0.469 e. The van der Waals surface area contributed by atoms with Gasteiger partial charge in [-0.25, -0.2) is 0 Å². The maximum atomic E-state index is 12.9. The molecule has 0 saturated heterocycles. The van der Waals surface area contributed by atoms with E-state index >= 15 is 0 Å². The number of ether oxygens (including phenoxy) is 2. The van der Waals surface area contributed by atoms with Gasteiger partial charge >= 0.3 is 11.9 Å². The van der Waals surface area contributed by atoms with Crippen LogP contribution < -0.4 is 10.6 Å². The van der Waals surface area contributed by atoms with Gasteiger partial charge < -0.3 is 20.1 Å². The van der Waals surface area contributed by atoms with E-state index in [9.17, 15) is 14.4 Å². The highest BCUT2D eigenvalue weighted by molar-refractivity contribution is 5.94. The molecule has 1 aliphatic carbocycles. The van der Waals surface area contributed by atoms with Gasteiger partial charge in [-0.05, 0) is 86.9 Å². The van der Waals surface area contributed by atoms with Gasteiger partial charge in [0.1, 0.15) is 5.60 Å². The number of carbonyl (C=O) groups is 3. The van der Waals surface area contributed by atoms with Crippen LogP contribution in [0.1, 0.15) is 93.2 Å². The highest BCUT2D eigenvalue weighted by atomic mass is 16.6. The van der Waals surface area contributed by atoms with E-state index in [1.165, 1.54) is 29.0 Å². The lowest BCUT2D eigenvalue weighted by Gasteiger charge is -2.32. The first-order valence-corrected chi connectivity index (χ1v) is 15.0. The van der Waals surface area contributed by atoms with Crippen molar-refractivity contribution in [2.45, 2.75) is 83.4 Å². The van der Waals surface area contributed by atoms with Crippen molar-refractivity contribution >= 4 is 28.6 Å². The third-order valence-electron chi connectivity index (χ3n) is 7.97. The summed E-state index contributed by atoms with van der Waals surface area (Å²) in [5, 5.41) is 9.23. The normalized spacial score (nSPS) is 18.6. The van der Waals surface area contributed by atoms with Gasteiger partial charge in [0.05, 0.1) is 19.4 Å². The molecule has 4 atom stereocenters. The Bertz CT molecular complexity index is 1370. The molecule has 1 saturated carbocycles. The standard InChI is InChI=1S/C35H44N2O5/c1-23(30-15-9-11-25-10-6-7-14-31(25)30)37-29-13-8-12-27(20-29)24-16-18-26(19-17-24)33(39)36-22-28(34(40)41-5)21-32(38)42-35(2,3)4/h6-7,9-11,14-19,23,27-29,37H,8,12-13,20-22H2,1-5H3,(H,36,39)/t23-,27+,28-,29+/m1/s1. The molecular weight excluding hydrogens is 528 g/mol. The van der Waals surface area contributed by atoms with Crippen LogP contribution in [-0.2, 0) is 19.1 Å². The van der Waals surface area contributed by atoms with Gasteiger partial charge in [-0.1, -0.05) is 61.0 Å². The van der Waals surface area contributed by atoms with Gasteiger partial charge in [-0.15, -0.1) is 0 Å². The van der Waals surface area contributed by atoms with Gasteiger partial charge in [-0.2, -0.15) is 0 Å². The molecule has 3 aromatic carbocycles. The van der Waals surface area contributed by atoms with E-state index < -0.39 is 23.5 Å². The first-order valence-electron chi connectivity index (χ1n) is 15.0. The van der Waals surface area contributed by atoms with Gasteiger partial charge in [-0.3, -0.25) is 14.4 Å². The van der Waals surface area contributed by atoms with Crippen LogP contribution in [0.25, 0.3) is 10.8 Å². The molecule has 224 valence electrons. The summed E-state index contributed by atoms with van der Waals surface area (Å²) >= 11 is 0. The molecule has 2 N–H and O–H groups in total. The predicted molar refractivity (Wildman–Crippen MR) is 165 cm³/mol. The molecule has 0 spiro atoms. The van der Waals surface area contributed by atoms with E-state index in [-0.39, 0.29) is 24.9 Å². The summed E-state index contributed by atoms with van der Waals surface area (Å²) in [5.41, 5.74) is 2.40. The number of amides is 1. The van der Waals surface area contributed by atoms with Gasteiger partial charge in [0, 0.05) is 24.2 Å². The summed E-state index contributed by atoms with van der Waals surface area (Å²) < 4.78 is 10.2. The lowest BCUT2D eigenvalue weighted by atomic mass is 9.80. The monoisotopic (exact) mass is 572 g/mol. The summed E-state index contributed by atoms with van der Waals surface area (Å²) in [7, 11) is 1.26. The van der Waals surface area contributed by atoms with E-state index in [4.69, 9.17) is 9.47 Å². The first-order chi connectivity index (χ1) is 20.0. The Balaban J connectivity index is 1.33. The number of rotatable bonds is 10. The summed E-state index contributed by atoms with van der Waals surface area (Å²) in [6.07, 6.45) is 4.30. The van der Waals surface area contributed by atoms with Crippen LogP contribution in [0.5, 0.6) is 0 Å². The fraction of sp³-hybridized carbons (Fsp3) is 0.457. The molecule has 1 fully saturated rings. The zero-order chi connectivity index (χ0) is 30.3. The zero-order valence-corrected chi connectivity index (χ0v) is 25.4. The summed E-state index contributed by atoms with van der Waals surface area (Å²) in [5.74, 6) is -1.77. The van der Waals surface area contributed by atoms with Crippen LogP contribution in [0.2, 0.25) is 0 Å². The van der Waals surface area contributed by atoms with Crippen molar-refractivity contribution in [3.05, 3.63) is 83.4 Å². The van der Waals surface area contributed by atoms with Crippen LogP contribution >= 0.6 is 0 Å². The number of esters is 2. The van der Waals surface area contributed by atoms with E-state index in [1.807, 2.05) is 24.3 Å². The van der Waals surface area contributed by atoms with Crippen molar-refractivity contribution in [3.8, 4) is 0 Å². The number of methoxy groups -OCH3 is 1. The molecule has 1 amide bonds. The van der Waals surface area contributed by atoms with Crippen molar-refractivity contribution in [2.75, 3.05) is 13.7 Å². The second-order valence-corrected chi connectivity index (χ2v) is 12.4. The number of hydrogen-bond acceptors (Lipinski definition) is 6. The Kier molecular flexibility index (Phi) is 10.4. The van der Waals surface area contributed by atoms with E-state index in [2.05, 4.69) is 60.0 Å². The molecule has 3 aromatic rings. The molecule has 0 bridgehead atoms. The number of hydrogen-bond donors (Lipinski definition) is 2. The number of benzene rings is 3. The molecule has 0 aromatic heterocycles. The summed E-state index contributed by atoms with van der Waals surface area (Å²) in [6.45, 7) is 7.52. The SMILES string of the molecule is COC(=O)[C@@H](CNC(=O)c1ccc([C@H]2CCC[C@H](N[C@H](C)c3cccc4ccccc34)C2)cc1)CC(=O)OC(C)(C)C. The molecule has 7 heteroatoms. The van der Waals surface area contributed by atoms with Crippen LogP contribution in [0, 0.1) is 5.92 Å². The predicted octanol–water partition coefficient (Wildman–Crippen LogP) is 6.47. The summed E-state index contributed by atoms with van der Waals surface area (Å²) in [4.78, 5) is 37.4. The second kappa shape index (κ2) is 14.0. The first kappa shape index (κ1) is 31.2. The molecule has 7 nitrogen and oxygen atoms in total. The lowest BCUT2D eigenvalue weighted by molar-refractivity contribution is -0.160. The maximum Gasteiger partial charge on any atom is 0.311 e. The second-order valence-electron chi connectivity index (χ2n) is 12.4. The maximum absolute atomic E-state index is 12.9. The van der Waals surface area contributed by atoms with Crippen molar-refractivity contribution in [1.82, 2.24) is 10.6 Å². The Morgan fingerprint density at radius 2 is 1.67 bits per heavy atom. The van der Waals surface area contributed by atoms with Gasteiger partial charge in [0.2, 0.25) is 0 Å². The fourth-order valence-corrected chi connectivity index (χ4v) is 5.93. The number of fused-ring (bicyclic) bond motifs is 1. The highest BCUT2D eigenvalue weighted by Gasteiger charge is 2.28. The fourth-order valence-electron chi connectivity index (χ4n) is 5.93. The Morgan fingerprint density at radius 1 is 0.952 bits per heavy atom. The largest absolute Gasteiger partial charge is 0.469 e. The van der Waals surface area contributed by atoms with Crippen LogP contribution in [0.3, 0.4) is 0 Å². The van der Waals surface area contributed by atoms with E-state index in [1.54, 1.807) is 20.8 Å². The smallest absolute Gasteiger partial charge is 0.311 e. The molecule has 0 aliphatic heterocycles. The van der Waals surface area contributed by atoms with Gasteiger partial charge in [0.25, 0.3) is 5.91 Å². The van der Waals surface area contributed by atoms with Crippen molar-refractivity contribution in [1.29, 1.82) is 0 Å². The zero-order valence-electron chi connectivity index (χ0n) is 25.4. The van der Waals surface area contributed by atoms with E-state index in [0.29, 0.717) is 17.5 Å².